The molecule has 0 aliphatic rings. The molecule has 2 aromatic rings. The number of ether oxygens (including phenoxy) is 1. The molecule has 0 aliphatic carbocycles. The Balaban J connectivity index is 2.46. The molecule has 0 spiro atoms. The number of rotatable bonds is 4. The average molecular weight is 337 g/mol. The summed E-state index contributed by atoms with van der Waals surface area (Å²) < 4.78 is 6.08. The van der Waals surface area contributed by atoms with Crippen LogP contribution in [-0.2, 0) is 0 Å². The zero-order valence-corrected chi connectivity index (χ0v) is 12.9. The molecular formula is C14H17BrN4O. The molecule has 1 atom stereocenters. The third-order valence-corrected chi connectivity index (χ3v) is 3.69. The van der Waals surface area contributed by atoms with Crippen molar-refractivity contribution in [3.05, 3.63) is 51.6 Å². The SMILES string of the molecule is COc1ccc(C(NN)c2cc(C)cnc2N)cc1Br. The minimum Gasteiger partial charge on any atom is -0.496 e. The number of pyridine rings is 1. The molecule has 0 amide bonds. The first-order valence-electron chi connectivity index (χ1n) is 6.08. The largest absolute Gasteiger partial charge is 0.496 e. The molecule has 0 saturated heterocycles. The maximum Gasteiger partial charge on any atom is 0.133 e. The fourth-order valence-electron chi connectivity index (χ4n) is 2.06. The quantitative estimate of drug-likeness (QED) is 0.589. The molecule has 1 aromatic heterocycles. The van der Waals surface area contributed by atoms with Crippen molar-refractivity contribution in [1.82, 2.24) is 10.4 Å². The van der Waals surface area contributed by atoms with Gasteiger partial charge in [0.05, 0.1) is 17.6 Å². The van der Waals surface area contributed by atoms with Gasteiger partial charge in [0.1, 0.15) is 11.6 Å². The molecular weight excluding hydrogens is 320 g/mol. The van der Waals surface area contributed by atoms with Gasteiger partial charge in [-0.3, -0.25) is 5.84 Å². The maximum absolute atomic E-state index is 5.95. The summed E-state index contributed by atoms with van der Waals surface area (Å²) in [6.45, 7) is 1.97. The van der Waals surface area contributed by atoms with E-state index in [1.807, 2.05) is 31.2 Å². The number of hydrogen-bond donors (Lipinski definition) is 3. The zero-order chi connectivity index (χ0) is 14.7. The summed E-state index contributed by atoms with van der Waals surface area (Å²) in [5.41, 5.74) is 11.6. The number of nitrogens with one attached hydrogen (secondary N) is 1. The second-order valence-corrected chi connectivity index (χ2v) is 5.34. The number of nitrogens with zero attached hydrogens (tertiary/aromatic N) is 1. The summed E-state index contributed by atoms with van der Waals surface area (Å²) in [7, 11) is 1.63. The van der Waals surface area contributed by atoms with Crippen LogP contribution in [0.15, 0.2) is 34.9 Å². The Bertz CT molecular complexity index is 618. The molecule has 2 rings (SSSR count). The van der Waals surface area contributed by atoms with Gasteiger partial charge in [-0.25, -0.2) is 10.4 Å². The topological polar surface area (TPSA) is 86.2 Å². The number of aryl methyl sites for hydroxylation is 1. The second kappa shape index (κ2) is 6.21. The van der Waals surface area contributed by atoms with Gasteiger partial charge in [0.2, 0.25) is 0 Å². The molecule has 0 saturated carbocycles. The van der Waals surface area contributed by atoms with Crippen molar-refractivity contribution in [3.8, 4) is 5.75 Å². The normalized spacial score (nSPS) is 12.2. The first-order chi connectivity index (χ1) is 9.56. The molecule has 106 valence electrons. The van der Waals surface area contributed by atoms with E-state index in [9.17, 15) is 0 Å². The van der Waals surface area contributed by atoms with E-state index in [1.165, 1.54) is 0 Å². The fourth-order valence-corrected chi connectivity index (χ4v) is 2.62. The Morgan fingerprint density at radius 2 is 2.10 bits per heavy atom. The van der Waals surface area contributed by atoms with Gasteiger partial charge in [0.15, 0.2) is 0 Å². The van der Waals surface area contributed by atoms with Crippen molar-refractivity contribution in [2.24, 2.45) is 5.84 Å². The summed E-state index contributed by atoms with van der Waals surface area (Å²) in [4.78, 5) is 4.17. The first kappa shape index (κ1) is 14.8. The van der Waals surface area contributed by atoms with Crippen molar-refractivity contribution in [2.75, 3.05) is 12.8 Å². The van der Waals surface area contributed by atoms with Crippen molar-refractivity contribution in [2.45, 2.75) is 13.0 Å². The monoisotopic (exact) mass is 336 g/mol. The van der Waals surface area contributed by atoms with Gasteiger partial charge >= 0.3 is 0 Å². The van der Waals surface area contributed by atoms with Crippen LogP contribution in [0.3, 0.4) is 0 Å². The van der Waals surface area contributed by atoms with E-state index in [0.717, 1.165) is 26.9 Å². The first-order valence-corrected chi connectivity index (χ1v) is 6.87. The number of hydrogen-bond acceptors (Lipinski definition) is 5. The highest BCUT2D eigenvalue weighted by Gasteiger charge is 2.17. The molecule has 0 radical (unpaired) electrons. The number of halogens is 1. The molecule has 1 unspecified atom stereocenters. The van der Waals surface area contributed by atoms with Gasteiger partial charge in [-0.15, -0.1) is 0 Å². The second-order valence-electron chi connectivity index (χ2n) is 4.48. The van der Waals surface area contributed by atoms with Crippen molar-refractivity contribution >= 4 is 21.7 Å². The summed E-state index contributed by atoms with van der Waals surface area (Å²) >= 11 is 3.47. The van der Waals surface area contributed by atoms with E-state index in [2.05, 4.69) is 26.3 Å². The van der Waals surface area contributed by atoms with E-state index in [1.54, 1.807) is 13.3 Å². The number of hydrazine groups is 1. The minimum atomic E-state index is -0.232. The summed E-state index contributed by atoms with van der Waals surface area (Å²) in [5.74, 6) is 6.92. The lowest BCUT2D eigenvalue weighted by Crippen LogP contribution is -2.29. The summed E-state index contributed by atoms with van der Waals surface area (Å²) in [6, 6.07) is 7.51. The Kier molecular flexibility index (Phi) is 4.59. The van der Waals surface area contributed by atoms with Gasteiger partial charge in [0.25, 0.3) is 0 Å². The van der Waals surface area contributed by atoms with Crippen LogP contribution in [0.5, 0.6) is 5.75 Å². The molecule has 6 heteroatoms. The molecule has 0 bridgehead atoms. The predicted molar refractivity (Wildman–Crippen MR) is 83.2 cm³/mol. The lowest BCUT2D eigenvalue weighted by Gasteiger charge is -2.19. The molecule has 5 N–H and O–H groups in total. The van der Waals surface area contributed by atoms with Crippen LogP contribution >= 0.6 is 15.9 Å². The minimum absolute atomic E-state index is 0.232. The highest BCUT2D eigenvalue weighted by atomic mass is 79.9. The third kappa shape index (κ3) is 2.92. The van der Waals surface area contributed by atoms with Gasteiger partial charge in [-0.1, -0.05) is 6.07 Å². The molecule has 20 heavy (non-hydrogen) atoms. The Morgan fingerprint density at radius 3 is 2.70 bits per heavy atom. The highest BCUT2D eigenvalue weighted by Crippen LogP contribution is 2.31. The number of benzene rings is 1. The van der Waals surface area contributed by atoms with Crippen molar-refractivity contribution in [3.63, 3.8) is 0 Å². The van der Waals surface area contributed by atoms with E-state index in [0.29, 0.717) is 5.82 Å². The average Bonchev–Trinajstić information content (AvgIpc) is 2.44. The van der Waals surface area contributed by atoms with Gasteiger partial charge in [-0.2, -0.15) is 0 Å². The molecule has 0 aliphatic heterocycles. The number of aromatic nitrogens is 1. The van der Waals surface area contributed by atoms with E-state index >= 15 is 0 Å². The van der Waals surface area contributed by atoms with Crippen LogP contribution in [0.2, 0.25) is 0 Å². The molecule has 1 aromatic carbocycles. The number of nitrogens with two attached hydrogens (primary N) is 2. The van der Waals surface area contributed by atoms with Crippen LogP contribution in [0.25, 0.3) is 0 Å². The van der Waals surface area contributed by atoms with Crippen LogP contribution in [0, 0.1) is 6.92 Å². The van der Waals surface area contributed by atoms with Gasteiger partial charge in [0, 0.05) is 11.8 Å². The lowest BCUT2D eigenvalue weighted by atomic mass is 9.98. The van der Waals surface area contributed by atoms with Crippen molar-refractivity contribution < 1.29 is 4.74 Å². The summed E-state index contributed by atoms with van der Waals surface area (Å²) in [6.07, 6.45) is 1.73. The van der Waals surface area contributed by atoms with E-state index in [-0.39, 0.29) is 6.04 Å². The number of anilines is 1. The van der Waals surface area contributed by atoms with Gasteiger partial charge < -0.3 is 10.5 Å². The van der Waals surface area contributed by atoms with Crippen molar-refractivity contribution in [1.29, 1.82) is 0 Å². The zero-order valence-electron chi connectivity index (χ0n) is 11.4. The van der Waals surface area contributed by atoms with Crippen LogP contribution in [0.1, 0.15) is 22.7 Å². The Labute approximate surface area is 126 Å². The maximum atomic E-state index is 5.95. The smallest absolute Gasteiger partial charge is 0.133 e. The Hall–Kier alpha value is -1.63. The number of nitrogen functional groups attached to an aromatic ring is 1. The fraction of sp³-hybridized carbons (Fsp3) is 0.214. The summed E-state index contributed by atoms with van der Waals surface area (Å²) in [5, 5.41) is 0. The predicted octanol–water partition coefficient (Wildman–Crippen LogP) is 2.30. The third-order valence-electron chi connectivity index (χ3n) is 3.07. The number of methoxy groups -OCH3 is 1. The van der Waals surface area contributed by atoms with E-state index in [4.69, 9.17) is 16.3 Å². The lowest BCUT2D eigenvalue weighted by molar-refractivity contribution is 0.412. The van der Waals surface area contributed by atoms with Crippen LogP contribution in [0.4, 0.5) is 5.82 Å². The molecule has 1 heterocycles. The van der Waals surface area contributed by atoms with Gasteiger partial charge in [-0.05, 0) is 52.2 Å². The molecule has 5 nitrogen and oxygen atoms in total. The van der Waals surface area contributed by atoms with Crippen LogP contribution in [-0.4, -0.2) is 12.1 Å². The highest BCUT2D eigenvalue weighted by molar-refractivity contribution is 9.10. The van der Waals surface area contributed by atoms with E-state index < -0.39 is 0 Å². The molecule has 0 fully saturated rings. The Morgan fingerprint density at radius 1 is 1.35 bits per heavy atom. The van der Waals surface area contributed by atoms with Crippen LogP contribution < -0.4 is 21.7 Å². The standard InChI is InChI=1S/C14H17BrN4O/c1-8-5-10(14(16)18-7-8)13(19-17)9-3-4-12(20-2)11(15)6-9/h3-7,13,19H,17H2,1-2H3,(H2,16,18).